The molecule has 37 heavy (non-hydrogen) atoms. The predicted molar refractivity (Wildman–Crippen MR) is 157 cm³/mol. The minimum Gasteiger partial charge on any atom is -0.371 e. The number of hydrogen-bond donors (Lipinski definition) is 1. The van der Waals surface area contributed by atoms with Crippen LogP contribution in [-0.4, -0.2) is 54.5 Å². The van der Waals surface area contributed by atoms with Crippen molar-refractivity contribution in [1.82, 2.24) is 9.88 Å². The third-order valence-electron chi connectivity index (χ3n) is 8.43. The number of aromatic nitrogens is 1. The van der Waals surface area contributed by atoms with Gasteiger partial charge in [0.1, 0.15) is 6.67 Å². The Bertz CT molecular complexity index is 1340. The Balaban J connectivity index is 1.24. The number of allylic oxidation sites excluding steroid dienone is 1. The van der Waals surface area contributed by atoms with Crippen molar-refractivity contribution >= 4 is 39.6 Å². The highest BCUT2D eigenvalue weighted by molar-refractivity contribution is 6.47. The van der Waals surface area contributed by atoms with E-state index in [-0.39, 0.29) is 0 Å². The maximum Gasteiger partial charge on any atom is 0.115 e. The molecular formula is C31H38ClN5. The quantitative estimate of drug-likeness (QED) is 0.367. The Morgan fingerprint density at radius 2 is 1.76 bits per heavy atom. The molecule has 5 nitrogen and oxygen atoms in total. The lowest BCUT2D eigenvalue weighted by atomic mass is 10.0. The van der Waals surface area contributed by atoms with E-state index in [1.807, 2.05) is 6.20 Å². The summed E-state index contributed by atoms with van der Waals surface area (Å²) in [5, 5.41) is 1.85. The second-order valence-electron chi connectivity index (χ2n) is 10.8. The number of fused-ring (bicyclic) bond motifs is 1. The van der Waals surface area contributed by atoms with Crippen LogP contribution in [0, 0.1) is 6.92 Å². The number of hydrogen-bond acceptors (Lipinski definition) is 4. The van der Waals surface area contributed by atoms with Crippen molar-refractivity contribution in [3.8, 4) is 0 Å². The third kappa shape index (κ3) is 4.92. The van der Waals surface area contributed by atoms with Gasteiger partial charge in [0.05, 0.1) is 10.7 Å². The van der Waals surface area contributed by atoms with Gasteiger partial charge < -0.3 is 19.7 Å². The Hall–Kier alpha value is -2.76. The number of aromatic amines is 1. The number of nitrogens with one attached hydrogen (secondary N) is 1. The number of H-pyrrole nitrogens is 1. The molecule has 2 aliphatic heterocycles. The Labute approximate surface area is 225 Å². The molecule has 3 aliphatic rings. The molecule has 0 atom stereocenters. The minimum atomic E-state index is 0.571. The van der Waals surface area contributed by atoms with E-state index in [2.05, 4.69) is 83.1 Å². The lowest BCUT2D eigenvalue weighted by molar-refractivity contribution is 0.186. The average molecular weight is 516 g/mol. The van der Waals surface area contributed by atoms with Gasteiger partial charge in [0, 0.05) is 59.4 Å². The summed E-state index contributed by atoms with van der Waals surface area (Å²) in [5.41, 5.74) is 8.30. The molecule has 0 bridgehead atoms. The van der Waals surface area contributed by atoms with E-state index in [4.69, 9.17) is 16.6 Å². The van der Waals surface area contributed by atoms with Gasteiger partial charge in [0.2, 0.25) is 0 Å². The second kappa shape index (κ2) is 10.2. The summed E-state index contributed by atoms with van der Waals surface area (Å²) in [6, 6.07) is 14.3. The maximum atomic E-state index is 6.89. The molecular weight excluding hydrogens is 478 g/mol. The number of benzene rings is 2. The monoisotopic (exact) mass is 515 g/mol. The molecule has 0 spiro atoms. The maximum absolute atomic E-state index is 6.89. The number of piperidine rings is 1. The van der Waals surface area contributed by atoms with E-state index < -0.39 is 0 Å². The average Bonchev–Trinajstić information content (AvgIpc) is 3.70. The van der Waals surface area contributed by atoms with Crippen molar-refractivity contribution in [1.29, 1.82) is 0 Å². The lowest BCUT2D eigenvalue weighted by Gasteiger charge is -2.39. The van der Waals surface area contributed by atoms with Gasteiger partial charge in [0.15, 0.2) is 0 Å². The highest BCUT2D eigenvalue weighted by Crippen LogP contribution is 2.43. The van der Waals surface area contributed by atoms with E-state index >= 15 is 0 Å². The first-order valence-electron chi connectivity index (χ1n) is 13.9. The number of aryl methyl sites for hydroxylation is 1. The van der Waals surface area contributed by atoms with Crippen molar-refractivity contribution in [3.63, 3.8) is 0 Å². The first-order valence-corrected chi connectivity index (χ1v) is 14.3. The minimum absolute atomic E-state index is 0.571. The first kappa shape index (κ1) is 24.6. The summed E-state index contributed by atoms with van der Waals surface area (Å²) in [7, 11) is 0. The summed E-state index contributed by atoms with van der Waals surface area (Å²) in [5.74, 6) is 0.699. The van der Waals surface area contributed by atoms with Crippen molar-refractivity contribution in [2.24, 2.45) is 4.99 Å². The molecule has 2 aromatic carbocycles. The van der Waals surface area contributed by atoms with Crippen LogP contribution in [0.1, 0.15) is 62.1 Å². The smallest absolute Gasteiger partial charge is 0.115 e. The van der Waals surface area contributed by atoms with Crippen LogP contribution in [-0.2, 0) is 0 Å². The van der Waals surface area contributed by atoms with Gasteiger partial charge in [-0.15, -0.1) is 0 Å². The number of anilines is 2. The normalized spacial score (nSPS) is 19.1. The highest BCUT2D eigenvalue weighted by Gasteiger charge is 2.28. The summed E-state index contributed by atoms with van der Waals surface area (Å²) < 4.78 is 0. The van der Waals surface area contributed by atoms with Crippen LogP contribution < -0.4 is 9.80 Å². The zero-order valence-corrected chi connectivity index (χ0v) is 23.1. The van der Waals surface area contributed by atoms with Crippen LogP contribution in [0.15, 0.2) is 58.8 Å². The van der Waals surface area contributed by atoms with Gasteiger partial charge >= 0.3 is 0 Å². The summed E-state index contributed by atoms with van der Waals surface area (Å²) in [6.45, 7) is 11.8. The van der Waals surface area contributed by atoms with Gasteiger partial charge in [0.25, 0.3) is 0 Å². The van der Waals surface area contributed by atoms with Crippen LogP contribution in [0.3, 0.4) is 0 Å². The van der Waals surface area contributed by atoms with E-state index in [1.165, 1.54) is 48.2 Å². The molecule has 1 saturated heterocycles. The fourth-order valence-corrected chi connectivity index (χ4v) is 6.39. The van der Waals surface area contributed by atoms with Gasteiger partial charge in [-0.3, -0.25) is 4.99 Å². The first-order chi connectivity index (χ1) is 18.0. The largest absolute Gasteiger partial charge is 0.371 e. The summed E-state index contributed by atoms with van der Waals surface area (Å²) >= 11 is 6.89. The third-order valence-corrected chi connectivity index (χ3v) is 8.71. The van der Waals surface area contributed by atoms with Crippen LogP contribution in [0.4, 0.5) is 11.4 Å². The van der Waals surface area contributed by atoms with E-state index in [0.29, 0.717) is 23.7 Å². The Morgan fingerprint density at radius 1 is 1.00 bits per heavy atom. The molecule has 2 fully saturated rings. The summed E-state index contributed by atoms with van der Waals surface area (Å²) in [6.07, 6.45) is 9.16. The zero-order valence-electron chi connectivity index (χ0n) is 22.3. The molecule has 0 unspecified atom stereocenters. The van der Waals surface area contributed by atoms with Crippen LogP contribution >= 0.6 is 11.6 Å². The highest BCUT2D eigenvalue weighted by atomic mass is 35.5. The van der Waals surface area contributed by atoms with E-state index in [9.17, 15) is 0 Å². The topological polar surface area (TPSA) is 37.9 Å². The molecule has 6 heteroatoms. The van der Waals surface area contributed by atoms with E-state index in [1.54, 1.807) is 0 Å². The standard InChI is InChI=1S/C31H38ClN5/c1-4-35(5-2)24-10-12-36(13-11-24)25-15-23(22-7-8-22)16-26(17-25)37-19-29(32)31(34-20-37)28-18-33-30-14-21(3)6-9-27(28)30/h6,9,14-19,22,24,33H,4-5,7-8,10-13,20H2,1-3H3. The molecule has 0 amide bonds. The molecule has 3 heterocycles. The second-order valence-corrected chi connectivity index (χ2v) is 11.3. The Kier molecular flexibility index (Phi) is 6.76. The van der Waals surface area contributed by atoms with Crippen LogP contribution in [0.5, 0.6) is 0 Å². The van der Waals surface area contributed by atoms with Crippen LogP contribution in [0.25, 0.3) is 10.9 Å². The van der Waals surface area contributed by atoms with Gasteiger partial charge in [-0.05, 0) is 87.0 Å². The molecule has 1 aromatic heterocycles. The number of rotatable bonds is 7. The molecule has 1 aliphatic carbocycles. The molecule has 1 saturated carbocycles. The molecule has 194 valence electrons. The molecule has 1 N–H and O–H groups in total. The number of aliphatic imine (C=N–C) groups is 1. The van der Waals surface area contributed by atoms with Gasteiger partial charge in [-0.1, -0.05) is 37.6 Å². The number of nitrogens with zero attached hydrogens (tertiary/aromatic N) is 4. The lowest BCUT2D eigenvalue weighted by Crippen LogP contribution is -2.44. The zero-order chi connectivity index (χ0) is 25.5. The fraction of sp³-hybridized carbons (Fsp3) is 0.452. The van der Waals surface area contributed by atoms with Crippen molar-refractivity contribution in [2.45, 2.75) is 58.4 Å². The van der Waals surface area contributed by atoms with Gasteiger partial charge in [-0.25, -0.2) is 0 Å². The SMILES string of the molecule is CCN(CC)C1CCN(c2cc(C3CC3)cc(N3C=C(Cl)C(c4c[nH]c5cc(C)ccc45)=NC3)c2)CC1. The molecule has 3 aromatic rings. The van der Waals surface area contributed by atoms with Crippen molar-refractivity contribution in [2.75, 3.05) is 42.6 Å². The molecule has 6 rings (SSSR count). The predicted octanol–water partition coefficient (Wildman–Crippen LogP) is 7.01. The Morgan fingerprint density at radius 3 is 2.46 bits per heavy atom. The van der Waals surface area contributed by atoms with Crippen LogP contribution in [0.2, 0.25) is 0 Å². The number of halogens is 1. The van der Waals surface area contributed by atoms with Crippen molar-refractivity contribution < 1.29 is 0 Å². The molecule has 0 radical (unpaired) electrons. The van der Waals surface area contributed by atoms with E-state index in [0.717, 1.165) is 48.4 Å². The van der Waals surface area contributed by atoms with Crippen molar-refractivity contribution in [3.05, 3.63) is 70.5 Å². The fourth-order valence-electron chi connectivity index (χ4n) is 6.12. The van der Waals surface area contributed by atoms with Gasteiger partial charge in [-0.2, -0.15) is 0 Å². The summed E-state index contributed by atoms with van der Waals surface area (Å²) in [4.78, 5) is 15.8.